The standard InChI is InChI=1S/C12H15N3O5/c1-5-3-6(2)14-11(9(5)10(13)18)15-7(12(19)20)4-8(16)17/h3,7H,4H2,1-2H3,(H2,13,18)(H,14,15)(H,16,17)(H,19,20). The second-order valence-electron chi connectivity index (χ2n) is 4.30. The Kier molecular flexibility index (Phi) is 4.63. The van der Waals surface area contributed by atoms with Crippen LogP contribution in [0.3, 0.4) is 0 Å². The zero-order valence-electron chi connectivity index (χ0n) is 11.0. The molecule has 0 saturated carbocycles. The molecule has 1 unspecified atom stereocenters. The van der Waals surface area contributed by atoms with Crippen molar-refractivity contribution in [2.24, 2.45) is 5.73 Å². The van der Waals surface area contributed by atoms with E-state index in [0.717, 1.165) is 0 Å². The van der Waals surface area contributed by atoms with E-state index in [4.69, 9.17) is 15.9 Å². The number of carboxylic acids is 2. The van der Waals surface area contributed by atoms with Gasteiger partial charge in [-0.25, -0.2) is 9.78 Å². The smallest absolute Gasteiger partial charge is 0.326 e. The molecular weight excluding hydrogens is 266 g/mol. The first-order chi connectivity index (χ1) is 9.22. The molecule has 1 rings (SSSR count). The summed E-state index contributed by atoms with van der Waals surface area (Å²) in [5.74, 6) is -3.43. The monoisotopic (exact) mass is 281 g/mol. The lowest BCUT2D eigenvalue weighted by atomic mass is 10.1. The van der Waals surface area contributed by atoms with E-state index < -0.39 is 30.3 Å². The molecule has 1 amide bonds. The van der Waals surface area contributed by atoms with Gasteiger partial charge in [0.1, 0.15) is 11.9 Å². The molecule has 20 heavy (non-hydrogen) atoms. The molecule has 5 N–H and O–H groups in total. The molecule has 0 aliphatic carbocycles. The van der Waals surface area contributed by atoms with Gasteiger partial charge in [0.05, 0.1) is 12.0 Å². The predicted molar refractivity (Wildman–Crippen MR) is 69.5 cm³/mol. The third kappa shape index (κ3) is 3.67. The van der Waals surface area contributed by atoms with Crippen LogP contribution in [0.1, 0.15) is 28.0 Å². The Bertz CT molecular complexity index is 570. The van der Waals surface area contributed by atoms with Crippen LogP contribution in [-0.4, -0.2) is 39.1 Å². The maximum atomic E-state index is 11.4. The molecule has 1 aromatic heterocycles. The number of nitrogens with two attached hydrogens (primary N) is 1. The molecule has 0 bridgehead atoms. The van der Waals surface area contributed by atoms with Crippen LogP contribution < -0.4 is 11.1 Å². The Morgan fingerprint density at radius 2 is 1.95 bits per heavy atom. The third-order valence-electron chi connectivity index (χ3n) is 2.58. The van der Waals surface area contributed by atoms with Crippen LogP contribution in [-0.2, 0) is 9.59 Å². The van der Waals surface area contributed by atoms with Crippen molar-refractivity contribution in [3.8, 4) is 0 Å². The lowest BCUT2D eigenvalue weighted by molar-refractivity contribution is -0.144. The zero-order valence-corrected chi connectivity index (χ0v) is 11.0. The van der Waals surface area contributed by atoms with E-state index in [9.17, 15) is 14.4 Å². The summed E-state index contributed by atoms with van der Waals surface area (Å²) in [6.45, 7) is 3.29. The van der Waals surface area contributed by atoms with Gasteiger partial charge in [0.2, 0.25) is 0 Å². The number of pyridine rings is 1. The zero-order chi connectivity index (χ0) is 15.4. The number of hydrogen-bond donors (Lipinski definition) is 4. The quantitative estimate of drug-likeness (QED) is 0.580. The van der Waals surface area contributed by atoms with Gasteiger partial charge in [-0.1, -0.05) is 0 Å². The van der Waals surface area contributed by atoms with E-state index in [1.165, 1.54) is 0 Å². The highest BCUT2D eigenvalue weighted by atomic mass is 16.4. The predicted octanol–water partition coefficient (Wildman–Crippen LogP) is 0.137. The van der Waals surface area contributed by atoms with Gasteiger partial charge in [0, 0.05) is 5.69 Å². The Labute approximate surface area is 114 Å². The highest BCUT2D eigenvalue weighted by molar-refractivity contribution is 5.99. The molecule has 8 heteroatoms. The number of carboxylic acid groups (broad SMARTS) is 2. The fraction of sp³-hybridized carbons (Fsp3) is 0.333. The molecule has 0 saturated heterocycles. The summed E-state index contributed by atoms with van der Waals surface area (Å²) in [5, 5.41) is 20.1. The first-order valence-electron chi connectivity index (χ1n) is 5.71. The van der Waals surface area contributed by atoms with Crippen molar-refractivity contribution in [2.45, 2.75) is 26.3 Å². The maximum Gasteiger partial charge on any atom is 0.326 e. The van der Waals surface area contributed by atoms with Gasteiger partial charge in [-0.3, -0.25) is 9.59 Å². The average Bonchev–Trinajstić information content (AvgIpc) is 2.25. The normalized spacial score (nSPS) is 11.7. The lowest BCUT2D eigenvalue weighted by Crippen LogP contribution is -2.33. The first kappa shape index (κ1) is 15.4. The second-order valence-corrected chi connectivity index (χ2v) is 4.30. The number of hydrogen-bond acceptors (Lipinski definition) is 5. The fourth-order valence-corrected chi connectivity index (χ4v) is 1.79. The molecule has 0 aromatic carbocycles. The average molecular weight is 281 g/mol. The topological polar surface area (TPSA) is 143 Å². The number of carbonyl (C=O) groups excluding carboxylic acids is 1. The summed E-state index contributed by atoms with van der Waals surface area (Å²) in [6.07, 6.45) is -0.651. The van der Waals surface area contributed by atoms with Gasteiger partial charge in [-0.2, -0.15) is 0 Å². The summed E-state index contributed by atoms with van der Waals surface area (Å²) in [7, 11) is 0. The third-order valence-corrected chi connectivity index (χ3v) is 2.58. The van der Waals surface area contributed by atoms with Gasteiger partial charge >= 0.3 is 11.9 Å². The largest absolute Gasteiger partial charge is 0.481 e. The van der Waals surface area contributed by atoms with Crippen molar-refractivity contribution in [1.82, 2.24) is 4.98 Å². The maximum absolute atomic E-state index is 11.4. The molecule has 8 nitrogen and oxygen atoms in total. The van der Waals surface area contributed by atoms with E-state index in [1.807, 2.05) is 0 Å². The number of primary amides is 1. The minimum absolute atomic E-state index is 0.0244. The van der Waals surface area contributed by atoms with Crippen LogP contribution in [0.2, 0.25) is 0 Å². The van der Waals surface area contributed by atoms with Crippen molar-refractivity contribution < 1.29 is 24.6 Å². The van der Waals surface area contributed by atoms with E-state index in [-0.39, 0.29) is 11.4 Å². The molecular formula is C12H15N3O5. The molecule has 0 aliphatic rings. The van der Waals surface area contributed by atoms with Crippen molar-refractivity contribution in [2.75, 3.05) is 5.32 Å². The second kappa shape index (κ2) is 6.00. The van der Waals surface area contributed by atoms with Crippen molar-refractivity contribution in [3.05, 3.63) is 22.9 Å². The number of rotatable bonds is 6. The van der Waals surface area contributed by atoms with Crippen LogP contribution in [0.4, 0.5) is 5.82 Å². The number of anilines is 1. The highest BCUT2D eigenvalue weighted by Crippen LogP contribution is 2.19. The van der Waals surface area contributed by atoms with E-state index in [0.29, 0.717) is 11.3 Å². The summed E-state index contributed by atoms with van der Waals surface area (Å²) >= 11 is 0. The summed E-state index contributed by atoms with van der Waals surface area (Å²) in [6, 6.07) is 0.220. The van der Waals surface area contributed by atoms with Crippen LogP contribution in [0.5, 0.6) is 0 Å². The number of aryl methyl sites for hydroxylation is 2. The van der Waals surface area contributed by atoms with Crippen LogP contribution in [0.25, 0.3) is 0 Å². The number of aliphatic carboxylic acids is 2. The lowest BCUT2D eigenvalue weighted by Gasteiger charge is -2.16. The first-order valence-corrected chi connectivity index (χ1v) is 5.71. The minimum atomic E-state index is -1.40. The summed E-state index contributed by atoms with van der Waals surface area (Å²) < 4.78 is 0. The molecule has 1 heterocycles. The summed E-state index contributed by atoms with van der Waals surface area (Å²) in [5.41, 5.74) is 6.37. The van der Waals surface area contributed by atoms with Gasteiger partial charge in [-0.15, -0.1) is 0 Å². The number of amides is 1. The fourth-order valence-electron chi connectivity index (χ4n) is 1.79. The van der Waals surface area contributed by atoms with Crippen molar-refractivity contribution in [1.29, 1.82) is 0 Å². The molecule has 0 radical (unpaired) electrons. The van der Waals surface area contributed by atoms with E-state index in [1.54, 1.807) is 19.9 Å². The van der Waals surface area contributed by atoms with Gasteiger partial charge in [-0.05, 0) is 25.5 Å². The Balaban J connectivity index is 3.21. The highest BCUT2D eigenvalue weighted by Gasteiger charge is 2.24. The molecule has 108 valence electrons. The number of nitrogens with one attached hydrogen (secondary N) is 1. The van der Waals surface area contributed by atoms with E-state index in [2.05, 4.69) is 10.3 Å². The van der Waals surface area contributed by atoms with Gasteiger partial charge in [0.25, 0.3) is 5.91 Å². The SMILES string of the molecule is Cc1cc(C)c(C(N)=O)c(NC(CC(=O)O)C(=O)O)n1. The molecule has 0 spiro atoms. The molecule has 0 fully saturated rings. The van der Waals surface area contributed by atoms with Crippen LogP contribution >= 0.6 is 0 Å². The van der Waals surface area contributed by atoms with Gasteiger partial charge in [0.15, 0.2) is 0 Å². The number of carbonyl (C=O) groups is 3. The van der Waals surface area contributed by atoms with Crippen LogP contribution in [0.15, 0.2) is 6.07 Å². The minimum Gasteiger partial charge on any atom is -0.481 e. The molecule has 1 atom stereocenters. The van der Waals surface area contributed by atoms with Gasteiger partial charge < -0.3 is 21.3 Å². The number of nitrogens with zero attached hydrogens (tertiary/aromatic N) is 1. The Morgan fingerprint density at radius 1 is 1.35 bits per heavy atom. The van der Waals surface area contributed by atoms with Crippen molar-refractivity contribution in [3.63, 3.8) is 0 Å². The Hall–Kier alpha value is -2.64. The van der Waals surface area contributed by atoms with E-state index >= 15 is 0 Å². The summed E-state index contributed by atoms with van der Waals surface area (Å²) in [4.78, 5) is 37.1. The van der Waals surface area contributed by atoms with Crippen molar-refractivity contribution >= 4 is 23.7 Å². The molecule has 1 aromatic rings. The molecule has 0 aliphatic heterocycles. The number of aromatic nitrogens is 1. The Morgan fingerprint density at radius 3 is 2.40 bits per heavy atom. The van der Waals surface area contributed by atoms with Crippen LogP contribution in [0, 0.1) is 13.8 Å².